The lowest BCUT2D eigenvalue weighted by atomic mass is 10.3. The number of rotatable bonds is 5. The van der Waals surface area contributed by atoms with E-state index in [9.17, 15) is 4.79 Å². The summed E-state index contributed by atoms with van der Waals surface area (Å²) in [5.41, 5.74) is 0.996. The van der Waals surface area contributed by atoms with Crippen LogP contribution in [0.1, 0.15) is 4.88 Å². The maximum atomic E-state index is 12.2. The molecule has 0 radical (unpaired) electrons. The minimum Gasteiger partial charge on any atom is -0.383 e. The van der Waals surface area contributed by atoms with Gasteiger partial charge in [0, 0.05) is 29.6 Å². The normalized spacial score (nSPS) is 12.5. The molecule has 0 bridgehead atoms. The molecule has 1 aromatic carbocycles. The molecule has 0 fully saturated rings. The van der Waals surface area contributed by atoms with Gasteiger partial charge in [-0.2, -0.15) is 4.99 Å². The molecule has 0 saturated carbocycles. The molecule has 3 rings (SSSR count). The Bertz CT molecular complexity index is 939. The fourth-order valence-corrected chi connectivity index (χ4v) is 4.16. The third kappa shape index (κ3) is 4.02. The van der Waals surface area contributed by atoms with E-state index >= 15 is 0 Å². The summed E-state index contributed by atoms with van der Waals surface area (Å²) >= 11 is 9.08. The van der Waals surface area contributed by atoms with Crippen molar-refractivity contribution >= 4 is 56.5 Å². The van der Waals surface area contributed by atoms with E-state index < -0.39 is 0 Å². The topological polar surface area (TPSA) is 43.6 Å². The number of hydrogen-bond acceptors (Lipinski definition) is 4. The monoisotopic (exact) mass is 378 g/mol. The molecule has 4 nitrogen and oxygen atoms in total. The molecule has 2 aromatic heterocycles. The van der Waals surface area contributed by atoms with E-state index in [0.29, 0.717) is 23.0 Å². The molecule has 2 heterocycles. The van der Waals surface area contributed by atoms with Gasteiger partial charge in [0.15, 0.2) is 4.80 Å². The smallest absolute Gasteiger partial charge is 0.272 e. The number of nitrogens with zero attached hydrogens (tertiary/aromatic N) is 2. The molecule has 3 aromatic rings. The molecule has 0 N–H and O–H groups in total. The van der Waals surface area contributed by atoms with Crippen LogP contribution < -0.4 is 4.80 Å². The maximum absolute atomic E-state index is 12.2. The van der Waals surface area contributed by atoms with E-state index in [1.807, 2.05) is 40.3 Å². The van der Waals surface area contributed by atoms with Crippen molar-refractivity contribution in [3.05, 3.63) is 56.5 Å². The lowest BCUT2D eigenvalue weighted by molar-refractivity contribution is -0.113. The second kappa shape index (κ2) is 7.90. The van der Waals surface area contributed by atoms with Gasteiger partial charge in [-0.05, 0) is 35.7 Å². The van der Waals surface area contributed by atoms with Crippen LogP contribution in [0.2, 0.25) is 5.02 Å². The lowest BCUT2D eigenvalue weighted by Crippen LogP contribution is -2.18. The van der Waals surface area contributed by atoms with Gasteiger partial charge in [-0.1, -0.05) is 29.0 Å². The van der Waals surface area contributed by atoms with Crippen LogP contribution in [0.15, 0.2) is 46.8 Å². The second-order valence-corrected chi connectivity index (χ2v) is 7.36. The summed E-state index contributed by atoms with van der Waals surface area (Å²) in [5, 5.41) is 2.63. The zero-order valence-electron chi connectivity index (χ0n) is 12.9. The van der Waals surface area contributed by atoms with E-state index in [1.54, 1.807) is 24.5 Å². The van der Waals surface area contributed by atoms with Crippen molar-refractivity contribution < 1.29 is 9.53 Å². The number of methoxy groups -OCH3 is 1. The standard InChI is InChI=1S/C17H15ClN2O2S2/c1-22-9-8-20-14-6-4-12(18)11-15(14)24-17(20)19-16(21)7-5-13-3-2-10-23-13/h2-7,10-11H,8-9H2,1H3/b7-5+,19-17?. The van der Waals surface area contributed by atoms with E-state index in [-0.39, 0.29) is 5.91 Å². The molecule has 0 atom stereocenters. The number of benzene rings is 1. The molecule has 7 heteroatoms. The third-order valence-electron chi connectivity index (χ3n) is 3.30. The molecule has 0 saturated heterocycles. The maximum Gasteiger partial charge on any atom is 0.272 e. The van der Waals surface area contributed by atoms with Gasteiger partial charge < -0.3 is 9.30 Å². The first kappa shape index (κ1) is 17.1. The second-order valence-electron chi connectivity index (χ2n) is 4.94. The van der Waals surface area contributed by atoms with Crippen LogP contribution >= 0.6 is 34.3 Å². The zero-order valence-corrected chi connectivity index (χ0v) is 15.3. The minimum atomic E-state index is -0.285. The van der Waals surface area contributed by atoms with Crippen LogP contribution in [0, 0.1) is 0 Å². The molecule has 24 heavy (non-hydrogen) atoms. The minimum absolute atomic E-state index is 0.285. The van der Waals surface area contributed by atoms with Gasteiger partial charge in [0.1, 0.15) is 0 Å². The van der Waals surface area contributed by atoms with Crippen molar-refractivity contribution in [2.24, 2.45) is 4.99 Å². The molecular weight excluding hydrogens is 364 g/mol. The van der Waals surface area contributed by atoms with Crippen molar-refractivity contribution in [3.8, 4) is 0 Å². The Morgan fingerprint density at radius 1 is 1.42 bits per heavy atom. The van der Waals surface area contributed by atoms with E-state index in [2.05, 4.69) is 4.99 Å². The molecule has 0 aliphatic carbocycles. The molecular formula is C17H15ClN2O2S2. The van der Waals surface area contributed by atoms with Crippen molar-refractivity contribution in [1.29, 1.82) is 0 Å². The number of carbonyl (C=O) groups is 1. The summed E-state index contributed by atoms with van der Waals surface area (Å²) in [5.74, 6) is -0.285. The Kier molecular flexibility index (Phi) is 5.63. The van der Waals surface area contributed by atoms with Crippen LogP contribution in [0.4, 0.5) is 0 Å². The number of ether oxygens (including phenoxy) is 1. The largest absolute Gasteiger partial charge is 0.383 e. The summed E-state index contributed by atoms with van der Waals surface area (Å²) in [4.78, 5) is 18.1. The fourth-order valence-electron chi connectivity index (χ4n) is 2.20. The number of hydrogen-bond donors (Lipinski definition) is 0. The lowest BCUT2D eigenvalue weighted by Gasteiger charge is -2.03. The molecule has 124 valence electrons. The van der Waals surface area contributed by atoms with E-state index in [0.717, 1.165) is 15.1 Å². The first-order valence-corrected chi connectivity index (χ1v) is 9.33. The quantitative estimate of drug-likeness (QED) is 0.624. The molecule has 0 unspecified atom stereocenters. The SMILES string of the molecule is COCCn1c(=NC(=O)/C=C/c2cccs2)sc2cc(Cl)ccc21. The van der Waals surface area contributed by atoms with E-state index in [1.165, 1.54) is 17.4 Å². The van der Waals surface area contributed by atoms with Gasteiger partial charge in [0.05, 0.1) is 16.8 Å². The molecule has 1 amide bonds. The van der Waals surface area contributed by atoms with Gasteiger partial charge >= 0.3 is 0 Å². The van der Waals surface area contributed by atoms with Crippen LogP contribution in [0.3, 0.4) is 0 Å². The summed E-state index contributed by atoms with van der Waals surface area (Å²) in [6.07, 6.45) is 3.27. The van der Waals surface area contributed by atoms with Crippen LogP contribution in [-0.4, -0.2) is 24.2 Å². The Balaban J connectivity index is 1.98. The highest BCUT2D eigenvalue weighted by Gasteiger charge is 2.07. The number of thiophene rings is 1. The Hall–Kier alpha value is -1.73. The zero-order chi connectivity index (χ0) is 16.9. The van der Waals surface area contributed by atoms with Gasteiger partial charge in [0.2, 0.25) is 0 Å². The first-order chi connectivity index (χ1) is 11.7. The van der Waals surface area contributed by atoms with Crippen LogP contribution in [0.5, 0.6) is 0 Å². The first-order valence-electron chi connectivity index (χ1n) is 7.25. The van der Waals surface area contributed by atoms with Crippen LogP contribution in [-0.2, 0) is 16.1 Å². The predicted molar refractivity (Wildman–Crippen MR) is 101 cm³/mol. The Labute approximate surface area is 152 Å². The molecule has 0 aliphatic rings. The van der Waals surface area contributed by atoms with Gasteiger partial charge in [-0.25, -0.2) is 0 Å². The summed E-state index contributed by atoms with van der Waals surface area (Å²) in [6, 6.07) is 9.56. The van der Waals surface area contributed by atoms with Crippen molar-refractivity contribution in [3.63, 3.8) is 0 Å². The van der Waals surface area contributed by atoms with Crippen molar-refractivity contribution in [2.75, 3.05) is 13.7 Å². The Morgan fingerprint density at radius 3 is 3.04 bits per heavy atom. The van der Waals surface area contributed by atoms with Gasteiger partial charge in [-0.15, -0.1) is 11.3 Å². The van der Waals surface area contributed by atoms with Crippen molar-refractivity contribution in [1.82, 2.24) is 4.57 Å². The summed E-state index contributed by atoms with van der Waals surface area (Å²) in [6.45, 7) is 1.17. The number of carbonyl (C=O) groups excluding carboxylic acids is 1. The predicted octanol–water partition coefficient (Wildman–Crippen LogP) is 4.20. The summed E-state index contributed by atoms with van der Waals surface area (Å²) < 4.78 is 8.14. The highest BCUT2D eigenvalue weighted by atomic mass is 35.5. The summed E-state index contributed by atoms with van der Waals surface area (Å²) in [7, 11) is 1.65. The average molecular weight is 379 g/mol. The third-order valence-corrected chi connectivity index (χ3v) is 5.42. The van der Waals surface area contributed by atoms with Crippen LogP contribution in [0.25, 0.3) is 16.3 Å². The Morgan fingerprint density at radius 2 is 2.29 bits per heavy atom. The molecule has 0 spiro atoms. The number of aromatic nitrogens is 1. The number of fused-ring (bicyclic) bond motifs is 1. The highest BCUT2D eigenvalue weighted by molar-refractivity contribution is 7.16. The highest BCUT2D eigenvalue weighted by Crippen LogP contribution is 2.21. The number of amides is 1. The number of halogens is 1. The van der Waals surface area contributed by atoms with E-state index in [4.69, 9.17) is 16.3 Å². The van der Waals surface area contributed by atoms with Gasteiger partial charge in [-0.3, -0.25) is 4.79 Å². The average Bonchev–Trinajstić information content (AvgIpc) is 3.18. The molecule has 0 aliphatic heterocycles. The van der Waals surface area contributed by atoms with Crippen molar-refractivity contribution in [2.45, 2.75) is 6.54 Å². The van der Waals surface area contributed by atoms with Gasteiger partial charge in [0.25, 0.3) is 5.91 Å². The number of thiazole rings is 1. The fraction of sp³-hybridized carbons (Fsp3) is 0.176.